The van der Waals surface area contributed by atoms with Gasteiger partial charge in [0, 0.05) is 57.3 Å². The van der Waals surface area contributed by atoms with Gasteiger partial charge in [-0.1, -0.05) is 0 Å². The minimum absolute atomic E-state index is 0.0483. The minimum atomic E-state index is -3.23. The maximum Gasteiger partial charge on any atom is 0.242 e. The molecule has 0 aromatic carbocycles. The lowest BCUT2D eigenvalue weighted by molar-refractivity contribution is -0.135. The number of nitrogens with one attached hydrogen (secondary N) is 1. The van der Waals surface area contributed by atoms with Gasteiger partial charge in [0.25, 0.3) is 0 Å². The molecule has 1 N–H and O–H groups in total. The van der Waals surface area contributed by atoms with Gasteiger partial charge in [-0.05, 0) is 12.8 Å². The number of thioether (sulfide) groups is 1. The molecular weight excluding hydrogens is 362 g/mol. The number of rotatable bonds is 5. The summed E-state index contributed by atoms with van der Waals surface area (Å²) in [6.45, 7) is 3.26. The molecule has 10 heteroatoms. The summed E-state index contributed by atoms with van der Waals surface area (Å²) in [6, 6.07) is 0.442. The molecule has 2 heterocycles. The van der Waals surface area contributed by atoms with Gasteiger partial charge in [0.2, 0.25) is 15.9 Å². The average Bonchev–Trinajstić information content (AvgIpc) is 3.44. The largest absolute Gasteiger partial charge is 0.355 e. The minimum Gasteiger partial charge on any atom is -0.355 e. The third kappa shape index (κ3) is 4.79. The summed E-state index contributed by atoms with van der Waals surface area (Å²) in [6.07, 6.45) is 2.23. The van der Waals surface area contributed by atoms with Crippen LogP contribution in [-0.2, 0) is 14.8 Å². The second-order valence-electron chi connectivity index (χ2n) is 6.54. The summed E-state index contributed by atoms with van der Waals surface area (Å²) in [4.78, 5) is 20.3. The summed E-state index contributed by atoms with van der Waals surface area (Å²) >= 11 is 1.79. The van der Waals surface area contributed by atoms with Crippen LogP contribution in [0.1, 0.15) is 12.8 Å². The highest BCUT2D eigenvalue weighted by Gasteiger charge is 2.36. The molecule has 3 rings (SSSR count). The number of amides is 1. The van der Waals surface area contributed by atoms with Crippen molar-refractivity contribution >= 4 is 33.7 Å². The molecular formula is C15H27N5O3S2. The van der Waals surface area contributed by atoms with Crippen LogP contribution in [0.2, 0.25) is 0 Å². The number of carbonyl (C=O) groups excluding carboxylic acids is 1. The molecule has 2 saturated heterocycles. The van der Waals surface area contributed by atoms with Crippen molar-refractivity contribution in [2.45, 2.75) is 18.9 Å². The Balaban J connectivity index is 1.47. The standard InChI is InChI=1S/C15H27N5O3S2/c1-16-15(18-5-6-20(13-2-3-13)14(21)12-18)17-4-11-25(22,23)19-7-9-24-10-8-19/h13H,2-12H2,1H3,(H,16,17). The van der Waals surface area contributed by atoms with E-state index < -0.39 is 10.0 Å². The Labute approximate surface area is 154 Å². The van der Waals surface area contributed by atoms with E-state index in [0.717, 1.165) is 30.9 Å². The van der Waals surface area contributed by atoms with Crippen molar-refractivity contribution in [2.24, 2.45) is 4.99 Å². The number of aliphatic imine (C=N–C) groups is 1. The Hall–Kier alpha value is -1.00. The summed E-state index contributed by atoms with van der Waals surface area (Å²) in [7, 11) is -1.57. The molecule has 1 aliphatic carbocycles. The van der Waals surface area contributed by atoms with Crippen molar-refractivity contribution in [3.8, 4) is 0 Å². The SMILES string of the molecule is CN=C(NCCS(=O)(=O)N1CCSCC1)N1CCN(C2CC2)C(=O)C1. The molecule has 1 amide bonds. The van der Waals surface area contributed by atoms with Gasteiger partial charge in [-0.2, -0.15) is 11.8 Å². The average molecular weight is 390 g/mol. The molecule has 0 atom stereocenters. The number of carbonyl (C=O) groups is 1. The van der Waals surface area contributed by atoms with Gasteiger partial charge in [-0.25, -0.2) is 12.7 Å². The fourth-order valence-electron chi connectivity index (χ4n) is 3.22. The van der Waals surface area contributed by atoms with Crippen molar-refractivity contribution < 1.29 is 13.2 Å². The van der Waals surface area contributed by atoms with E-state index >= 15 is 0 Å². The lowest BCUT2D eigenvalue weighted by Gasteiger charge is -2.36. The van der Waals surface area contributed by atoms with Crippen molar-refractivity contribution in [3.63, 3.8) is 0 Å². The first kappa shape index (κ1) is 18.8. The molecule has 0 radical (unpaired) electrons. The molecule has 0 aromatic heterocycles. The Morgan fingerprint density at radius 1 is 1.24 bits per heavy atom. The molecule has 1 saturated carbocycles. The zero-order valence-electron chi connectivity index (χ0n) is 14.7. The highest BCUT2D eigenvalue weighted by molar-refractivity contribution is 7.99. The zero-order chi connectivity index (χ0) is 17.9. The Morgan fingerprint density at radius 3 is 2.56 bits per heavy atom. The maximum atomic E-state index is 12.4. The van der Waals surface area contributed by atoms with Crippen LogP contribution in [0.3, 0.4) is 0 Å². The zero-order valence-corrected chi connectivity index (χ0v) is 16.3. The number of piperazine rings is 1. The van der Waals surface area contributed by atoms with Crippen LogP contribution in [0.15, 0.2) is 4.99 Å². The second kappa shape index (κ2) is 8.13. The van der Waals surface area contributed by atoms with Crippen molar-refractivity contribution in [1.82, 2.24) is 19.4 Å². The molecule has 3 fully saturated rings. The summed E-state index contributed by atoms with van der Waals surface area (Å²) < 4.78 is 26.3. The fraction of sp³-hybridized carbons (Fsp3) is 0.867. The van der Waals surface area contributed by atoms with E-state index in [1.165, 1.54) is 0 Å². The molecule has 2 aliphatic heterocycles. The van der Waals surface area contributed by atoms with Crippen molar-refractivity contribution in [3.05, 3.63) is 0 Å². The molecule has 3 aliphatic rings. The van der Waals surface area contributed by atoms with E-state index in [-0.39, 0.29) is 11.7 Å². The van der Waals surface area contributed by atoms with E-state index in [0.29, 0.717) is 44.7 Å². The Bertz CT molecular complexity index is 615. The third-order valence-corrected chi connectivity index (χ3v) is 7.58. The molecule has 0 unspecified atom stereocenters. The predicted molar refractivity (Wildman–Crippen MR) is 100 cm³/mol. The van der Waals surface area contributed by atoms with Crippen LogP contribution < -0.4 is 5.32 Å². The number of guanidine groups is 1. The number of hydrogen-bond acceptors (Lipinski definition) is 5. The van der Waals surface area contributed by atoms with E-state index in [4.69, 9.17) is 0 Å². The van der Waals surface area contributed by atoms with E-state index in [9.17, 15) is 13.2 Å². The fourth-order valence-corrected chi connectivity index (χ4v) is 5.71. The van der Waals surface area contributed by atoms with Crippen LogP contribution >= 0.6 is 11.8 Å². The summed E-state index contributed by atoms with van der Waals surface area (Å²) in [5.74, 6) is 2.51. The van der Waals surface area contributed by atoms with Crippen LogP contribution in [0, 0.1) is 0 Å². The van der Waals surface area contributed by atoms with Gasteiger partial charge in [0.15, 0.2) is 5.96 Å². The van der Waals surface area contributed by atoms with Crippen LogP contribution in [0.5, 0.6) is 0 Å². The topological polar surface area (TPSA) is 85.3 Å². The number of sulfonamides is 1. The molecule has 0 bridgehead atoms. The van der Waals surface area contributed by atoms with Gasteiger partial charge >= 0.3 is 0 Å². The lowest BCUT2D eigenvalue weighted by Crippen LogP contribution is -2.56. The van der Waals surface area contributed by atoms with Crippen LogP contribution in [0.4, 0.5) is 0 Å². The molecule has 142 valence electrons. The highest BCUT2D eigenvalue weighted by atomic mass is 32.2. The quantitative estimate of drug-likeness (QED) is 0.492. The van der Waals surface area contributed by atoms with Crippen LogP contribution in [0.25, 0.3) is 0 Å². The van der Waals surface area contributed by atoms with Crippen molar-refractivity contribution in [1.29, 1.82) is 0 Å². The number of nitrogens with zero attached hydrogens (tertiary/aromatic N) is 4. The molecule has 0 spiro atoms. The smallest absolute Gasteiger partial charge is 0.242 e. The third-order valence-electron chi connectivity index (χ3n) is 4.76. The first-order valence-corrected chi connectivity index (χ1v) is 11.6. The van der Waals surface area contributed by atoms with Crippen LogP contribution in [-0.4, -0.2) is 104 Å². The normalized spacial score (nSPS) is 23.9. The van der Waals surface area contributed by atoms with Gasteiger partial charge in [0.05, 0.1) is 12.3 Å². The van der Waals surface area contributed by atoms with E-state index in [1.54, 1.807) is 23.1 Å². The Morgan fingerprint density at radius 2 is 1.96 bits per heavy atom. The summed E-state index contributed by atoms with van der Waals surface area (Å²) in [5.41, 5.74) is 0. The number of hydrogen-bond donors (Lipinski definition) is 1. The predicted octanol–water partition coefficient (Wildman–Crippen LogP) is -0.753. The van der Waals surface area contributed by atoms with Gasteiger partial charge in [-0.3, -0.25) is 9.79 Å². The summed E-state index contributed by atoms with van der Waals surface area (Å²) in [5, 5.41) is 3.11. The highest BCUT2D eigenvalue weighted by Crippen LogP contribution is 2.28. The monoisotopic (exact) mass is 389 g/mol. The van der Waals surface area contributed by atoms with Gasteiger partial charge in [0.1, 0.15) is 0 Å². The first-order chi connectivity index (χ1) is 12.0. The van der Waals surface area contributed by atoms with E-state index in [2.05, 4.69) is 10.3 Å². The molecule has 8 nitrogen and oxygen atoms in total. The van der Waals surface area contributed by atoms with E-state index in [1.807, 2.05) is 9.80 Å². The second-order valence-corrected chi connectivity index (χ2v) is 9.85. The van der Waals surface area contributed by atoms with Gasteiger partial charge in [-0.15, -0.1) is 0 Å². The van der Waals surface area contributed by atoms with Crippen molar-refractivity contribution in [2.75, 3.05) is 63.6 Å². The maximum absolute atomic E-state index is 12.4. The lowest BCUT2D eigenvalue weighted by atomic mass is 10.3. The molecule has 0 aromatic rings. The first-order valence-electron chi connectivity index (χ1n) is 8.82. The van der Waals surface area contributed by atoms with Gasteiger partial charge < -0.3 is 15.1 Å². The molecule has 25 heavy (non-hydrogen) atoms. The Kier molecular flexibility index (Phi) is 6.11.